The lowest BCUT2D eigenvalue weighted by Crippen LogP contribution is -2.02. The number of rotatable bonds is 3. The van der Waals surface area contributed by atoms with Gasteiger partial charge in [-0.3, -0.25) is 0 Å². The second-order valence-electron chi connectivity index (χ2n) is 3.72. The van der Waals surface area contributed by atoms with E-state index in [4.69, 9.17) is 12.6 Å². The Kier molecular flexibility index (Phi) is 3.00. The topological polar surface area (TPSA) is 9.23 Å². The van der Waals surface area contributed by atoms with Crippen LogP contribution >= 0.6 is 0 Å². The van der Waals surface area contributed by atoms with Crippen LogP contribution in [0, 0.1) is 0 Å². The normalized spacial score (nSPS) is 10.3. The number of benzene rings is 2. The van der Waals surface area contributed by atoms with Gasteiger partial charge >= 0.3 is 0 Å². The number of fused-ring (bicyclic) bond motifs is 1. The fraction of sp³-hybridized carbons (Fsp3) is 0.143. The van der Waals surface area contributed by atoms with E-state index in [0.29, 0.717) is 0 Å². The minimum Gasteiger partial charge on any atom is -0.496 e. The molecule has 0 saturated heterocycles. The van der Waals surface area contributed by atoms with Gasteiger partial charge in [0.05, 0.1) is 7.11 Å². The van der Waals surface area contributed by atoms with Crippen LogP contribution in [0.1, 0.15) is 5.56 Å². The van der Waals surface area contributed by atoms with E-state index in [9.17, 15) is 0 Å². The minimum absolute atomic E-state index is 0.770. The summed E-state index contributed by atoms with van der Waals surface area (Å²) in [5.41, 5.74) is 1.91. The minimum atomic E-state index is 0.770. The first kappa shape index (κ1) is 10.8. The molecule has 0 aliphatic carbocycles. The third kappa shape index (κ3) is 1.83. The lowest BCUT2D eigenvalue weighted by molar-refractivity contribution is 0.411. The van der Waals surface area contributed by atoms with Crippen LogP contribution in [0.3, 0.4) is 0 Å². The van der Waals surface area contributed by atoms with Crippen molar-refractivity contribution in [3.05, 3.63) is 48.6 Å². The average Bonchev–Trinajstić information content (AvgIpc) is 2.30. The van der Waals surface area contributed by atoms with Crippen LogP contribution in [0.4, 0.5) is 0 Å². The Bertz CT molecular complexity index is 531. The molecule has 0 spiro atoms. The first-order valence-electron chi connectivity index (χ1n) is 5.22. The van der Waals surface area contributed by atoms with Gasteiger partial charge in [0.1, 0.15) is 13.6 Å². The molecule has 0 amide bonds. The van der Waals surface area contributed by atoms with Crippen molar-refractivity contribution in [3.63, 3.8) is 0 Å². The summed E-state index contributed by atoms with van der Waals surface area (Å²) >= 11 is 0. The van der Waals surface area contributed by atoms with Gasteiger partial charge in [0, 0.05) is 5.56 Å². The van der Waals surface area contributed by atoms with E-state index >= 15 is 0 Å². The number of methoxy groups -OCH3 is 1. The van der Waals surface area contributed by atoms with Crippen LogP contribution in [0.15, 0.2) is 43.0 Å². The molecule has 2 heteroatoms. The Labute approximate surface area is 97.1 Å². The summed E-state index contributed by atoms with van der Waals surface area (Å²) in [6.45, 7) is 3.77. The maximum atomic E-state index is 5.81. The van der Waals surface area contributed by atoms with Gasteiger partial charge < -0.3 is 4.74 Å². The van der Waals surface area contributed by atoms with Gasteiger partial charge in [-0.15, -0.1) is 6.58 Å². The summed E-state index contributed by atoms with van der Waals surface area (Å²) in [6.07, 6.45) is 2.66. The van der Waals surface area contributed by atoms with Crippen LogP contribution < -0.4 is 10.2 Å². The quantitative estimate of drug-likeness (QED) is 0.555. The molecule has 0 N–H and O–H groups in total. The van der Waals surface area contributed by atoms with Gasteiger partial charge in [0.2, 0.25) is 0 Å². The highest BCUT2D eigenvalue weighted by Gasteiger charge is 2.06. The van der Waals surface area contributed by atoms with E-state index in [0.717, 1.165) is 28.6 Å². The fourth-order valence-corrected chi connectivity index (χ4v) is 1.93. The maximum absolute atomic E-state index is 5.81. The van der Waals surface area contributed by atoms with Gasteiger partial charge in [-0.05, 0) is 23.3 Å². The molecule has 2 aromatic carbocycles. The van der Waals surface area contributed by atoms with Gasteiger partial charge in [-0.25, -0.2) is 0 Å². The van der Waals surface area contributed by atoms with Gasteiger partial charge in [-0.2, -0.15) is 0 Å². The molecule has 2 rings (SSSR count). The van der Waals surface area contributed by atoms with Crippen LogP contribution in [0.2, 0.25) is 0 Å². The van der Waals surface area contributed by atoms with E-state index in [1.807, 2.05) is 36.4 Å². The van der Waals surface area contributed by atoms with Gasteiger partial charge in [0.25, 0.3) is 0 Å². The molecule has 0 saturated carbocycles. The van der Waals surface area contributed by atoms with Crippen molar-refractivity contribution in [2.45, 2.75) is 6.42 Å². The molecule has 0 atom stereocenters. The van der Waals surface area contributed by atoms with Gasteiger partial charge in [-0.1, -0.05) is 35.8 Å². The molecule has 16 heavy (non-hydrogen) atoms. The molecule has 0 fully saturated rings. The van der Waals surface area contributed by atoms with Crippen molar-refractivity contribution < 1.29 is 4.74 Å². The lowest BCUT2D eigenvalue weighted by atomic mass is 9.91. The highest BCUT2D eigenvalue weighted by Crippen LogP contribution is 2.27. The van der Waals surface area contributed by atoms with Gasteiger partial charge in [0.15, 0.2) is 0 Å². The zero-order valence-corrected chi connectivity index (χ0v) is 9.36. The van der Waals surface area contributed by atoms with Crippen LogP contribution in [0.5, 0.6) is 5.75 Å². The molecule has 0 heterocycles. The monoisotopic (exact) mass is 208 g/mol. The molecular formula is C14H13BO. The number of hydrogen-bond acceptors (Lipinski definition) is 1. The molecule has 0 aliphatic rings. The lowest BCUT2D eigenvalue weighted by Gasteiger charge is -2.11. The molecular weight excluding hydrogens is 195 g/mol. The van der Waals surface area contributed by atoms with Crippen molar-refractivity contribution in [3.8, 4) is 5.75 Å². The van der Waals surface area contributed by atoms with Crippen LogP contribution in [0.25, 0.3) is 10.8 Å². The third-order valence-electron chi connectivity index (χ3n) is 2.68. The molecule has 1 nitrogen and oxygen atoms in total. The second-order valence-corrected chi connectivity index (χ2v) is 3.72. The Balaban J connectivity index is 2.75. The number of ether oxygens (including phenoxy) is 1. The fourth-order valence-electron chi connectivity index (χ4n) is 1.93. The summed E-state index contributed by atoms with van der Waals surface area (Å²) in [4.78, 5) is 0. The predicted molar refractivity (Wildman–Crippen MR) is 69.8 cm³/mol. The molecule has 0 unspecified atom stereocenters. The molecule has 2 aromatic rings. The summed E-state index contributed by atoms with van der Waals surface area (Å²) in [7, 11) is 7.49. The smallest absolute Gasteiger partial charge is 0.123 e. The van der Waals surface area contributed by atoms with Crippen molar-refractivity contribution >= 4 is 24.1 Å². The van der Waals surface area contributed by atoms with Crippen molar-refractivity contribution in [2.24, 2.45) is 0 Å². The Morgan fingerprint density at radius 3 is 2.75 bits per heavy atom. The standard InChI is InChI=1S/C14H13BO/c1-3-4-12-13-9-11(15)7-5-10(13)6-8-14(12)16-2/h3,5-9H,1,4H2,2H3. The van der Waals surface area contributed by atoms with E-state index in [1.165, 1.54) is 5.39 Å². The molecule has 0 aromatic heterocycles. The summed E-state index contributed by atoms with van der Waals surface area (Å²) in [5, 5.41) is 2.31. The first-order chi connectivity index (χ1) is 7.76. The van der Waals surface area contributed by atoms with E-state index in [1.54, 1.807) is 7.11 Å². The molecule has 2 radical (unpaired) electrons. The van der Waals surface area contributed by atoms with Crippen molar-refractivity contribution in [2.75, 3.05) is 7.11 Å². The van der Waals surface area contributed by atoms with Crippen molar-refractivity contribution in [1.29, 1.82) is 0 Å². The largest absolute Gasteiger partial charge is 0.496 e. The van der Waals surface area contributed by atoms with Crippen LogP contribution in [-0.4, -0.2) is 15.0 Å². The Morgan fingerprint density at radius 2 is 2.06 bits per heavy atom. The first-order valence-corrected chi connectivity index (χ1v) is 5.22. The summed E-state index contributed by atoms with van der Waals surface area (Å²) < 4.78 is 5.36. The zero-order valence-electron chi connectivity index (χ0n) is 9.36. The molecule has 0 bridgehead atoms. The Morgan fingerprint density at radius 1 is 1.31 bits per heavy atom. The van der Waals surface area contributed by atoms with E-state index in [2.05, 4.69) is 6.58 Å². The third-order valence-corrected chi connectivity index (χ3v) is 2.68. The van der Waals surface area contributed by atoms with Crippen molar-refractivity contribution in [1.82, 2.24) is 0 Å². The summed E-state index contributed by atoms with van der Waals surface area (Å²) in [6, 6.07) is 9.94. The predicted octanol–water partition coefficient (Wildman–Crippen LogP) is 2.37. The second kappa shape index (κ2) is 4.44. The Hall–Kier alpha value is -1.70. The highest BCUT2D eigenvalue weighted by atomic mass is 16.5. The molecule has 78 valence electrons. The SMILES string of the molecule is [B]c1ccc2ccc(OC)c(CC=C)c2c1. The zero-order chi connectivity index (χ0) is 11.5. The van der Waals surface area contributed by atoms with Crippen LogP contribution in [-0.2, 0) is 6.42 Å². The number of allylic oxidation sites excluding steroid dienone is 1. The van der Waals surface area contributed by atoms with E-state index in [-0.39, 0.29) is 0 Å². The number of hydrogen-bond donors (Lipinski definition) is 0. The molecule has 0 aliphatic heterocycles. The average molecular weight is 208 g/mol. The summed E-state index contributed by atoms with van der Waals surface area (Å²) in [5.74, 6) is 0.887. The highest BCUT2D eigenvalue weighted by molar-refractivity contribution is 6.33. The van der Waals surface area contributed by atoms with E-state index < -0.39 is 0 Å². The maximum Gasteiger partial charge on any atom is 0.123 e.